The molecule has 0 aromatic carbocycles. The van der Waals surface area contributed by atoms with Crippen molar-refractivity contribution in [2.24, 2.45) is 0 Å². The number of rotatable bonds is 1. The molecule has 1 rings (SSSR count). The summed E-state index contributed by atoms with van der Waals surface area (Å²) in [5.74, 6) is 0. The molecule has 2 heteroatoms. The van der Waals surface area contributed by atoms with Crippen LogP contribution in [0.3, 0.4) is 0 Å². The molecule has 0 saturated carbocycles. The minimum absolute atomic E-state index is 0.122. The fourth-order valence-corrected chi connectivity index (χ4v) is 6.81. The van der Waals surface area contributed by atoms with Crippen LogP contribution < -0.4 is 0 Å². The molecule has 0 nitrogen and oxygen atoms in total. The molecule has 0 aromatic heterocycles. The van der Waals surface area contributed by atoms with Crippen LogP contribution in [0.1, 0.15) is 20.8 Å². The fraction of sp³-hybridized carbons (Fsp3) is 0.625. The molecule has 1 unspecified atom stereocenters. The van der Waals surface area contributed by atoms with Gasteiger partial charge in [-0.1, -0.05) is 0 Å². The molecule has 0 bridgehead atoms. The Hall–Kier alpha value is 0.709. The monoisotopic (exact) mass is 260 g/mol. The van der Waals surface area contributed by atoms with Crippen molar-refractivity contribution in [2.45, 2.75) is 31.4 Å². The summed E-state index contributed by atoms with van der Waals surface area (Å²) in [6.07, 6.45) is 0. The SMILES string of the molecule is [CH3][Sn][C]1=PC(C)C(C)=C1C. The zero-order valence-electron chi connectivity index (χ0n) is 7.02. The van der Waals surface area contributed by atoms with E-state index >= 15 is 0 Å². The zero-order chi connectivity index (χ0) is 7.72. The summed E-state index contributed by atoms with van der Waals surface area (Å²) < 4.78 is 1.81. The Kier molecular flexibility index (Phi) is 3.00. The third-order valence-electron chi connectivity index (χ3n) is 2.13. The Morgan fingerprint density at radius 2 is 2.00 bits per heavy atom. The van der Waals surface area contributed by atoms with E-state index in [-0.39, 0.29) is 21.1 Å². The van der Waals surface area contributed by atoms with Crippen molar-refractivity contribution in [1.29, 1.82) is 0 Å². The topological polar surface area (TPSA) is 0 Å². The first-order valence-corrected chi connectivity index (χ1v) is 8.84. The number of hydrogen-bond acceptors (Lipinski definition) is 0. The molecule has 2 radical (unpaired) electrons. The average Bonchev–Trinajstić information content (AvgIpc) is 2.17. The van der Waals surface area contributed by atoms with E-state index in [2.05, 4.69) is 25.7 Å². The molecule has 10 heavy (non-hydrogen) atoms. The first kappa shape index (κ1) is 8.80. The molecule has 0 fully saturated rings. The predicted molar refractivity (Wildman–Crippen MR) is 51.4 cm³/mol. The summed E-state index contributed by atoms with van der Waals surface area (Å²) in [5, 5.41) is 0. The summed E-state index contributed by atoms with van der Waals surface area (Å²) in [6, 6.07) is 0. The number of hydrogen-bond donors (Lipinski definition) is 0. The molecule has 0 saturated heterocycles. The van der Waals surface area contributed by atoms with E-state index in [1.807, 2.05) is 3.31 Å². The summed E-state index contributed by atoms with van der Waals surface area (Å²) in [6.45, 7) is 6.92. The molecule has 1 heterocycles. The van der Waals surface area contributed by atoms with Gasteiger partial charge in [0.05, 0.1) is 0 Å². The molecule has 0 amide bonds. The van der Waals surface area contributed by atoms with Crippen molar-refractivity contribution in [3.63, 3.8) is 0 Å². The van der Waals surface area contributed by atoms with E-state index in [0.717, 1.165) is 5.66 Å². The molecule has 1 aliphatic heterocycles. The van der Waals surface area contributed by atoms with E-state index in [9.17, 15) is 0 Å². The maximum absolute atomic E-state index is 2.42. The fourth-order valence-electron chi connectivity index (χ4n) is 1.14. The normalized spacial score (nSPS) is 27.2. The van der Waals surface area contributed by atoms with Crippen LogP contribution in [0, 0.1) is 0 Å². The van der Waals surface area contributed by atoms with E-state index in [0.29, 0.717) is 0 Å². The molecule has 0 N–H and O–H groups in total. The molecule has 1 aliphatic rings. The number of allylic oxidation sites excluding steroid dienone is 2. The van der Waals surface area contributed by atoms with Gasteiger partial charge in [0.15, 0.2) is 0 Å². The van der Waals surface area contributed by atoms with E-state index < -0.39 is 0 Å². The average molecular weight is 259 g/mol. The predicted octanol–water partition coefficient (Wildman–Crippen LogP) is 2.55. The van der Waals surface area contributed by atoms with Crippen molar-refractivity contribution >= 4 is 32.7 Å². The summed E-state index contributed by atoms with van der Waals surface area (Å²) in [5.41, 5.74) is 4.11. The third-order valence-corrected chi connectivity index (χ3v) is 8.53. The van der Waals surface area contributed by atoms with Gasteiger partial charge in [0, 0.05) is 0 Å². The Bertz CT molecular complexity index is 203. The summed E-state index contributed by atoms with van der Waals surface area (Å²) in [7, 11) is 1.63. The van der Waals surface area contributed by atoms with Gasteiger partial charge in [-0.25, -0.2) is 0 Å². The van der Waals surface area contributed by atoms with Gasteiger partial charge < -0.3 is 0 Å². The molecule has 0 aliphatic carbocycles. The Labute approximate surface area is 75.1 Å². The molecule has 54 valence electrons. The molecular weight excluding hydrogens is 246 g/mol. The van der Waals surface area contributed by atoms with Gasteiger partial charge in [-0.2, -0.15) is 0 Å². The van der Waals surface area contributed by atoms with E-state index in [4.69, 9.17) is 0 Å². The van der Waals surface area contributed by atoms with Crippen LogP contribution in [0.5, 0.6) is 0 Å². The van der Waals surface area contributed by atoms with Crippen molar-refractivity contribution in [3.05, 3.63) is 11.1 Å². The molecule has 1 atom stereocenters. The van der Waals surface area contributed by atoms with Crippen LogP contribution in [-0.2, 0) is 0 Å². The maximum atomic E-state index is 2.42. The quantitative estimate of drug-likeness (QED) is 0.501. The molecule has 0 aromatic rings. The second-order valence-corrected chi connectivity index (χ2v) is 8.25. The van der Waals surface area contributed by atoms with Crippen LogP contribution in [-0.4, -0.2) is 30.1 Å². The Balaban J connectivity index is 2.90. The van der Waals surface area contributed by atoms with Gasteiger partial charge in [0.25, 0.3) is 0 Å². The first-order chi connectivity index (χ1) is 4.66. The van der Waals surface area contributed by atoms with Crippen molar-refractivity contribution in [2.75, 3.05) is 0 Å². The van der Waals surface area contributed by atoms with Crippen molar-refractivity contribution < 1.29 is 0 Å². The van der Waals surface area contributed by atoms with Gasteiger partial charge in [0.2, 0.25) is 0 Å². The summed E-state index contributed by atoms with van der Waals surface area (Å²) >= 11 is -0.122. The van der Waals surface area contributed by atoms with Gasteiger partial charge in [0.1, 0.15) is 0 Å². The van der Waals surface area contributed by atoms with Gasteiger partial charge in [-0.15, -0.1) is 0 Å². The van der Waals surface area contributed by atoms with Crippen LogP contribution >= 0.6 is 8.20 Å². The molecule has 0 spiro atoms. The third kappa shape index (κ3) is 1.48. The Morgan fingerprint density at radius 1 is 1.40 bits per heavy atom. The van der Waals surface area contributed by atoms with Crippen LogP contribution in [0.2, 0.25) is 4.94 Å². The van der Waals surface area contributed by atoms with Gasteiger partial charge >= 0.3 is 75.2 Å². The van der Waals surface area contributed by atoms with Crippen LogP contribution in [0.15, 0.2) is 11.1 Å². The molecular formula is C8H13PSn. The first-order valence-electron chi connectivity index (χ1n) is 3.60. The Morgan fingerprint density at radius 3 is 2.20 bits per heavy atom. The summed E-state index contributed by atoms with van der Waals surface area (Å²) in [4.78, 5) is 2.42. The van der Waals surface area contributed by atoms with Gasteiger partial charge in [-0.05, 0) is 0 Å². The zero-order valence-corrected chi connectivity index (χ0v) is 10.8. The van der Waals surface area contributed by atoms with E-state index in [1.165, 1.54) is 0 Å². The standard InChI is InChI=1S/C7H10P.CH3.Sn/c1-5-4-8-7(3)6(5)2;;/h7H,1-3H3;1H3;. The second-order valence-electron chi connectivity index (χ2n) is 2.71. The minimum atomic E-state index is -0.122. The van der Waals surface area contributed by atoms with Crippen molar-refractivity contribution in [3.8, 4) is 0 Å². The van der Waals surface area contributed by atoms with E-state index in [1.54, 1.807) is 19.4 Å². The van der Waals surface area contributed by atoms with Crippen LogP contribution in [0.25, 0.3) is 0 Å². The van der Waals surface area contributed by atoms with Gasteiger partial charge in [-0.3, -0.25) is 0 Å². The van der Waals surface area contributed by atoms with Crippen molar-refractivity contribution in [1.82, 2.24) is 0 Å². The second kappa shape index (κ2) is 3.40. The van der Waals surface area contributed by atoms with Crippen LogP contribution in [0.4, 0.5) is 0 Å².